The number of amides is 1. The van der Waals surface area contributed by atoms with Gasteiger partial charge in [0, 0.05) is 0 Å². The molecule has 0 saturated heterocycles. The van der Waals surface area contributed by atoms with Gasteiger partial charge in [-0.3, -0.25) is 4.79 Å². The van der Waals surface area contributed by atoms with Gasteiger partial charge in [-0.05, 0) is 13.8 Å². The molecular weight excluding hydrogens is 286 g/mol. The Balaban J connectivity index is 5.21. The number of carbonyl (C=O) groups is 1. The quantitative estimate of drug-likeness (QED) is 0.618. The number of rotatable bonds is 3. The molecule has 10 heteroatoms. The molecule has 0 unspecified atom stereocenters. The summed E-state index contributed by atoms with van der Waals surface area (Å²) < 4.78 is 73.2. The van der Waals surface area contributed by atoms with Crippen LogP contribution < -0.4 is 11.1 Å². The Kier molecular flexibility index (Phi) is 4.61. The van der Waals surface area contributed by atoms with Gasteiger partial charge in [-0.2, -0.15) is 26.3 Å². The third kappa shape index (κ3) is 4.31. The van der Waals surface area contributed by atoms with Crippen molar-refractivity contribution in [3.63, 3.8) is 0 Å². The molecule has 3 N–H and O–H groups in total. The minimum Gasteiger partial charge on any atom is -0.391 e. The second-order valence-electron chi connectivity index (χ2n) is 3.99. The molecule has 0 rings (SSSR count). The van der Waals surface area contributed by atoms with Crippen LogP contribution in [0.3, 0.4) is 0 Å². The van der Waals surface area contributed by atoms with Crippen molar-refractivity contribution in [2.24, 2.45) is 11.7 Å². The normalized spacial score (nSPS) is 13.6. The number of nitrogens with one attached hydrogen (secondary N) is 1. The number of thiocarbonyl (C=S) groups is 1. The monoisotopic (exact) mass is 296 g/mol. The fourth-order valence-corrected chi connectivity index (χ4v) is 0.976. The molecule has 106 valence electrons. The van der Waals surface area contributed by atoms with E-state index in [0.29, 0.717) is 0 Å². The van der Waals surface area contributed by atoms with Crippen LogP contribution in [-0.2, 0) is 4.79 Å². The van der Waals surface area contributed by atoms with Gasteiger partial charge in [0.25, 0.3) is 0 Å². The van der Waals surface area contributed by atoms with Gasteiger partial charge in [-0.1, -0.05) is 12.2 Å². The maximum atomic E-state index is 12.2. The highest BCUT2D eigenvalue weighted by atomic mass is 32.1. The van der Waals surface area contributed by atoms with E-state index in [2.05, 4.69) is 12.2 Å². The van der Waals surface area contributed by atoms with Crippen LogP contribution in [0.25, 0.3) is 0 Å². The zero-order valence-corrected chi connectivity index (χ0v) is 10.1. The van der Waals surface area contributed by atoms with Gasteiger partial charge in [0.15, 0.2) is 0 Å². The average Bonchev–Trinajstić information content (AvgIpc) is 1.94. The lowest BCUT2D eigenvalue weighted by Gasteiger charge is -2.29. The zero-order valence-electron chi connectivity index (χ0n) is 9.24. The van der Waals surface area contributed by atoms with E-state index in [1.54, 1.807) is 0 Å². The van der Waals surface area contributed by atoms with Crippen molar-refractivity contribution in [1.29, 1.82) is 0 Å². The molecule has 0 aromatic carbocycles. The predicted octanol–water partition coefficient (Wildman–Crippen LogP) is 1.91. The van der Waals surface area contributed by atoms with Crippen LogP contribution in [0, 0.1) is 5.92 Å². The van der Waals surface area contributed by atoms with Gasteiger partial charge in [-0.25, -0.2) is 0 Å². The molecule has 0 heterocycles. The summed E-state index contributed by atoms with van der Waals surface area (Å²) in [5.41, 5.74) is 3.44. The summed E-state index contributed by atoms with van der Waals surface area (Å²) in [5.74, 6) is -6.36. The Bertz CT molecular complexity index is 334. The molecule has 0 aliphatic heterocycles. The summed E-state index contributed by atoms with van der Waals surface area (Å²) in [5, 5.41) is 1.52. The number of alkyl halides is 6. The molecule has 0 radical (unpaired) electrons. The summed E-state index contributed by atoms with van der Waals surface area (Å²) in [6, 6.07) is 0. The highest BCUT2D eigenvalue weighted by Crippen LogP contribution is 2.39. The molecule has 0 bridgehead atoms. The molecule has 0 spiro atoms. The molecule has 0 aromatic heterocycles. The van der Waals surface area contributed by atoms with Crippen molar-refractivity contribution >= 4 is 23.1 Å². The fourth-order valence-electron chi connectivity index (χ4n) is 0.925. The van der Waals surface area contributed by atoms with E-state index < -0.39 is 34.7 Å². The summed E-state index contributed by atoms with van der Waals surface area (Å²) in [6.07, 6.45) is -11.5. The summed E-state index contributed by atoms with van der Waals surface area (Å²) in [7, 11) is 0. The Morgan fingerprint density at radius 3 is 1.67 bits per heavy atom. The lowest BCUT2D eigenvalue weighted by atomic mass is 10.0. The highest BCUT2D eigenvalue weighted by Gasteiger charge is 2.61. The van der Waals surface area contributed by atoms with E-state index in [0.717, 1.165) is 13.8 Å². The Morgan fingerprint density at radius 2 is 1.44 bits per heavy atom. The summed E-state index contributed by atoms with van der Waals surface area (Å²) >= 11 is 4.42. The van der Waals surface area contributed by atoms with E-state index in [9.17, 15) is 31.1 Å². The number of carbonyl (C=O) groups excluding carboxylic acids is 1. The predicted molar refractivity (Wildman–Crippen MR) is 54.6 cm³/mol. The summed E-state index contributed by atoms with van der Waals surface area (Å²) in [6.45, 7) is 2.19. The molecule has 0 atom stereocenters. The number of hydrogen-bond acceptors (Lipinski definition) is 2. The third-order valence-corrected chi connectivity index (χ3v) is 2.48. The van der Waals surface area contributed by atoms with Gasteiger partial charge in [0.05, 0.1) is 10.5 Å². The lowest BCUT2D eigenvalue weighted by molar-refractivity contribution is -0.274. The van der Waals surface area contributed by atoms with Crippen LogP contribution >= 0.6 is 12.2 Å². The van der Waals surface area contributed by atoms with E-state index in [1.807, 2.05) is 0 Å². The van der Waals surface area contributed by atoms with Gasteiger partial charge < -0.3 is 11.1 Å². The van der Waals surface area contributed by atoms with Crippen LogP contribution in [-0.4, -0.2) is 28.8 Å². The second kappa shape index (κ2) is 4.90. The maximum Gasteiger partial charge on any atom is 0.409 e. The van der Waals surface area contributed by atoms with Crippen molar-refractivity contribution in [2.75, 3.05) is 0 Å². The molecule has 0 aliphatic carbocycles. The van der Waals surface area contributed by atoms with E-state index in [1.165, 1.54) is 5.32 Å². The first kappa shape index (κ1) is 16.9. The lowest BCUT2D eigenvalue weighted by Crippen LogP contribution is -2.57. The van der Waals surface area contributed by atoms with E-state index in [4.69, 9.17) is 5.73 Å². The van der Waals surface area contributed by atoms with Crippen molar-refractivity contribution in [2.45, 2.75) is 31.7 Å². The second-order valence-corrected chi connectivity index (χ2v) is 4.43. The molecule has 18 heavy (non-hydrogen) atoms. The Morgan fingerprint density at radius 1 is 1.11 bits per heavy atom. The number of hydrogen-bond donors (Lipinski definition) is 2. The van der Waals surface area contributed by atoms with Crippen molar-refractivity contribution < 1.29 is 31.1 Å². The minimum atomic E-state index is -5.74. The smallest absolute Gasteiger partial charge is 0.391 e. The topological polar surface area (TPSA) is 55.1 Å². The highest BCUT2D eigenvalue weighted by molar-refractivity contribution is 7.80. The van der Waals surface area contributed by atoms with Crippen LogP contribution in [0.2, 0.25) is 0 Å². The van der Waals surface area contributed by atoms with Crippen LogP contribution in [0.1, 0.15) is 13.8 Å². The van der Waals surface area contributed by atoms with Crippen molar-refractivity contribution in [3.05, 3.63) is 0 Å². The van der Waals surface area contributed by atoms with Crippen LogP contribution in [0.5, 0.6) is 0 Å². The first-order valence-corrected chi connectivity index (χ1v) is 4.86. The fraction of sp³-hybridized carbons (Fsp3) is 0.750. The Labute approximate surface area is 104 Å². The molecule has 0 saturated carbocycles. The van der Waals surface area contributed by atoms with Crippen LogP contribution in [0.4, 0.5) is 26.3 Å². The van der Waals surface area contributed by atoms with Crippen molar-refractivity contribution in [3.8, 4) is 0 Å². The molecule has 0 aromatic rings. The van der Waals surface area contributed by atoms with Gasteiger partial charge >= 0.3 is 12.4 Å². The molecule has 0 fully saturated rings. The molecular formula is C8H10F6N2OS. The van der Waals surface area contributed by atoms with Gasteiger partial charge in [0.2, 0.25) is 11.8 Å². The Hall–Kier alpha value is -1.06. The van der Waals surface area contributed by atoms with E-state index in [-0.39, 0.29) is 0 Å². The zero-order chi connectivity index (χ0) is 14.9. The summed E-state index contributed by atoms with van der Waals surface area (Å²) in [4.78, 5) is 10.7. The number of halogens is 6. The van der Waals surface area contributed by atoms with Crippen LogP contribution in [0.15, 0.2) is 0 Å². The first-order valence-electron chi connectivity index (χ1n) is 4.45. The molecule has 0 aliphatic rings. The van der Waals surface area contributed by atoms with Crippen molar-refractivity contribution in [1.82, 2.24) is 5.32 Å². The average molecular weight is 296 g/mol. The molecule has 1 amide bonds. The first-order chi connectivity index (χ1) is 7.69. The number of nitrogens with two attached hydrogens (primary N) is 1. The maximum absolute atomic E-state index is 12.2. The SMILES string of the molecule is CC(C)(NC(=O)C(C(F)(F)F)C(F)(F)F)C(N)=S. The van der Waals surface area contributed by atoms with Gasteiger partial charge in [-0.15, -0.1) is 0 Å². The van der Waals surface area contributed by atoms with E-state index >= 15 is 0 Å². The van der Waals surface area contributed by atoms with Gasteiger partial charge in [0.1, 0.15) is 0 Å². The standard InChI is InChI=1S/C8H10F6N2OS/c1-6(2,5(15)18)16-4(17)3(7(9,10)11)8(12,13)14/h3H,1-2H3,(H2,15,18)(H,16,17). The minimum absolute atomic E-state index is 0.432. The third-order valence-electron chi connectivity index (χ3n) is 1.97. The largest absolute Gasteiger partial charge is 0.409 e. The molecule has 3 nitrogen and oxygen atoms in total.